The van der Waals surface area contributed by atoms with E-state index in [4.69, 9.17) is 19.4 Å². The third-order valence-corrected chi connectivity index (χ3v) is 7.88. The Hall–Kier alpha value is -3.46. The second kappa shape index (κ2) is 9.20. The first-order valence-electron chi connectivity index (χ1n) is 12.8. The molecule has 3 aromatic rings. The molecule has 4 heterocycles. The molecule has 3 aromatic heterocycles. The van der Waals surface area contributed by atoms with Crippen molar-refractivity contribution in [1.29, 1.82) is 0 Å². The van der Waals surface area contributed by atoms with Gasteiger partial charge in [0, 0.05) is 24.7 Å². The van der Waals surface area contributed by atoms with Gasteiger partial charge < -0.3 is 20.1 Å². The highest BCUT2D eigenvalue weighted by Crippen LogP contribution is 2.43. The predicted molar refractivity (Wildman–Crippen MR) is 136 cm³/mol. The number of aromatic nitrogens is 4. The number of allylic oxidation sites excluding steroid dienone is 1. The number of fused-ring (bicyclic) bond motifs is 2. The summed E-state index contributed by atoms with van der Waals surface area (Å²) >= 11 is 0. The van der Waals surface area contributed by atoms with Crippen molar-refractivity contribution in [1.82, 2.24) is 24.9 Å². The van der Waals surface area contributed by atoms with E-state index in [-0.39, 0.29) is 5.91 Å². The molecular weight excluding hydrogens is 456 g/mol. The van der Waals surface area contributed by atoms with Crippen molar-refractivity contribution >= 4 is 22.9 Å². The minimum absolute atomic E-state index is 0.160. The Labute approximate surface area is 210 Å². The molecule has 0 bridgehead atoms. The standard InChI is InChI=1S/C27H32N6O3/c1-28-24(34)20-14-29-33-12-9-17(13-22(20)33)19-5-3-4-6-21-23(19)25(35-2)32-26(31-21)30-18-7-10-27(11-8-18)15-36-16-27/h5,9,12-14,18H,3-4,6-8,10-11,15-16H2,1-2H3,(H,28,34)(H,30,31,32). The van der Waals surface area contributed by atoms with E-state index in [1.165, 1.54) is 12.8 Å². The molecule has 36 heavy (non-hydrogen) atoms. The van der Waals surface area contributed by atoms with Crippen LogP contribution in [0.15, 0.2) is 30.6 Å². The lowest BCUT2D eigenvalue weighted by Crippen LogP contribution is -2.47. The van der Waals surface area contributed by atoms with Crippen molar-refractivity contribution in [3.8, 4) is 5.88 Å². The second-order valence-electron chi connectivity index (χ2n) is 10.2. The van der Waals surface area contributed by atoms with Gasteiger partial charge in [-0.1, -0.05) is 6.08 Å². The van der Waals surface area contributed by atoms with Gasteiger partial charge in [0.1, 0.15) is 0 Å². The monoisotopic (exact) mass is 488 g/mol. The van der Waals surface area contributed by atoms with E-state index in [0.717, 1.165) is 73.2 Å². The Morgan fingerprint density at radius 3 is 2.81 bits per heavy atom. The molecule has 0 atom stereocenters. The highest BCUT2D eigenvalue weighted by molar-refractivity contribution is 6.01. The van der Waals surface area contributed by atoms with Crippen LogP contribution in [0.25, 0.3) is 11.1 Å². The summed E-state index contributed by atoms with van der Waals surface area (Å²) < 4.78 is 13.0. The molecule has 2 N–H and O–H groups in total. The molecular formula is C27H32N6O3. The highest BCUT2D eigenvalue weighted by atomic mass is 16.5. The van der Waals surface area contributed by atoms with Crippen molar-refractivity contribution < 1.29 is 14.3 Å². The number of rotatable bonds is 5. The maximum atomic E-state index is 12.4. The molecule has 2 aliphatic carbocycles. The zero-order valence-electron chi connectivity index (χ0n) is 20.8. The maximum absolute atomic E-state index is 12.4. The summed E-state index contributed by atoms with van der Waals surface area (Å²) in [5, 5.41) is 10.6. The number of hydrogen-bond donors (Lipinski definition) is 2. The third-order valence-electron chi connectivity index (χ3n) is 7.88. The summed E-state index contributed by atoms with van der Waals surface area (Å²) in [4.78, 5) is 22.1. The third kappa shape index (κ3) is 4.01. The largest absolute Gasteiger partial charge is 0.480 e. The molecule has 2 fully saturated rings. The van der Waals surface area contributed by atoms with Crippen molar-refractivity contribution in [2.75, 3.05) is 32.7 Å². The van der Waals surface area contributed by atoms with Crippen molar-refractivity contribution in [2.24, 2.45) is 5.41 Å². The molecule has 188 valence electrons. The van der Waals surface area contributed by atoms with Gasteiger partial charge in [0.25, 0.3) is 5.91 Å². The molecule has 3 aliphatic rings. The number of aryl methyl sites for hydroxylation is 1. The SMILES string of the molecule is CNC(=O)c1cnn2ccc(C3=CCCCc4nc(NC5CCC6(CC5)COC6)nc(OC)c43)cc12. The quantitative estimate of drug-likeness (QED) is 0.565. The van der Waals surface area contributed by atoms with E-state index in [1.54, 1.807) is 24.9 Å². The number of anilines is 1. The lowest BCUT2D eigenvalue weighted by atomic mass is 9.71. The number of pyridine rings is 1. The predicted octanol–water partition coefficient (Wildman–Crippen LogP) is 3.63. The van der Waals surface area contributed by atoms with Crippen LogP contribution in [0, 0.1) is 5.41 Å². The van der Waals surface area contributed by atoms with Crippen LogP contribution in [0.2, 0.25) is 0 Å². The second-order valence-corrected chi connectivity index (χ2v) is 10.2. The zero-order valence-corrected chi connectivity index (χ0v) is 20.8. The number of methoxy groups -OCH3 is 1. The highest BCUT2D eigenvalue weighted by Gasteiger charge is 2.41. The molecule has 1 spiro atoms. The smallest absolute Gasteiger partial charge is 0.254 e. The van der Waals surface area contributed by atoms with Crippen LogP contribution in [0.1, 0.15) is 65.7 Å². The number of ether oxygens (including phenoxy) is 2. The minimum atomic E-state index is -0.160. The molecule has 9 heteroatoms. The summed E-state index contributed by atoms with van der Waals surface area (Å²) in [5.74, 6) is 1.06. The fraction of sp³-hybridized carbons (Fsp3) is 0.481. The summed E-state index contributed by atoms with van der Waals surface area (Å²) in [6.07, 6.45) is 13.1. The van der Waals surface area contributed by atoms with Crippen LogP contribution < -0.4 is 15.4 Å². The van der Waals surface area contributed by atoms with Gasteiger partial charge in [0.05, 0.1) is 48.9 Å². The van der Waals surface area contributed by atoms with Crippen LogP contribution >= 0.6 is 0 Å². The first-order chi connectivity index (χ1) is 17.6. The number of carbonyl (C=O) groups is 1. The van der Waals surface area contributed by atoms with Crippen molar-refractivity contribution in [3.05, 3.63) is 53.0 Å². The molecule has 0 radical (unpaired) electrons. The Bertz CT molecular complexity index is 1330. The Balaban J connectivity index is 1.33. The molecule has 1 aliphatic heterocycles. The zero-order chi connectivity index (χ0) is 24.7. The van der Waals surface area contributed by atoms with Crippen LogP contribution in [0.5, 0.6) is 5.88 Å². The van der Waals surface area contributed by atoms with Crippen LogP contribution in [-0.4, -0.2) is 58.9 Å². The van der Waals surface area contributed by atoms with Crippen LogP contribution in [-0.2, 0) is 11.2 Å². The average molecular weight is 489 g/mol. The van der Waals surface area contributed by atoms with Gasteiger partial charge in [0.2, 0.25) is 11.8 Å². The van der Waals surface area contributed by atoms with E-state index in [2.05, 4.69) is 21.8 Å². The molecule has 1 saturated carbocycles. The fourth-order valence-corrected chi connectivity index (χ4v) is 5.72. The number of carbonyl (C=O) groups excluding carboxylic acids is 1. The number of hydrogen-bond acceptors (Lipinski definition) is 7. The molecule has 6 rings (SSSR count). The average Bonchev–Trinajstić information content (AvgIpc) is 3.19. The van der Waals surface area contributed by atoms with Gasteiger partial charge in [0.15, 0.2) is 0 Å². The van der Waals surface area contributed by atoms with Gasteiger partial charge in [-0.05, 0) is 68.2 Å². The Morgan fingerprint density at radius 1 is 1.25 bits per heavy atom. The lowest BCUT2D eigenvalue weighted by molar-refractivity contribution is -0.131. The van der Waals surface area contributed by atoms with Gasteiger partial charge in [-0.2, -0.15) is 10.1 Å². The van der Waals surface area contributed by atoms with Crippen LogP contribution in [0.4, 0.5) is 5.95 Å². The Morgan fingerprint density at radius 2 is 2.08 bits per heavy atom. The first-order valence-corrected chi connectivity index (χ1v) is 12.8. The molecule has 0 aromatic carbocycles. The molecule has 1 saturated heterocycles. The van der Waals surface area contributed by atoms with E-state index < -0.39 is 0 Å². The van der Waals surface area contributed by atoms with Gasteiger partial charge in [-0.3, -0.25) is 4.79 Å². The minimum Gasteiger partial charge on any atom is -0.480 e. The summed E-state index contributed by atoms with van der Waals surface area (Å²) in [7, 11) is 3.29. The fourth-order valence-electron chi connectivity index (χ4n) is 5.72. The topological polar surface area (TPSA) is 103 Å². The first kappa shape index (κ1) is 23.0. The molecule has 0 unspecified atom stereocenters. The number of nitrogens with one attached hydrogen (secondary N) is 2. The van der Waals surface area contributed by atoms with Gasteiger partial charge in [-0.15, -0.1) is 0 Å². The van der Waals surface area contributed by atoms with Crippen molar-refractivity contribution in [2.45, 2.75) is 51.0 Å². The Kier molecular flexibility index (Phi) is 5.87. The van der Waals surface area contributed by atoms with Gasteiger partial charge >= 0.3 is 0 Å². The maximum Gasteiger partial charge on any atom is 0.254 e. The molecule has 1 amide bonds. The summed E-state index contributed by atoms with van der Waals surface area (Å²) in [6, 6.07) is 4.39. The van der Waals surface area contributed by atoms with Gasteiger partial charge in [-0.25, -0.2) is 9.50 Å². The normalized spacial score (nSPS) is 19.2. The molecule has 9 nitrogen and oxygen atoms in total. The summed E-state index contributed by atoms with van der Waals surface area (Å²) in [6.45, 7) is 1.82. The van der Waals surface area contributed by atoms with Crippen molar-refractivity contribution in [3.63, 3.8) is 0 Å². The van der Waals surface area contributed by atoms with E-state index >= 15 is 0 Å². The van der Waals surface area contributed by atoms with E-state index in [1.807, 2.05) is 18.3 Å². The number of nitrogens with zero attached hydrogens (tertiary/aromatic N) is 4. The lowest BCUT2D eigenvalue weighted by Gasteiger charge is -2.46. The number of amides is 1. The van der Waals surface area contributed by atoms with Crippen LogP contribution in [0.3, 0.4) is 0 Å². The summed E-state index contributed by atoms with van der Waals surface area (Å²) in [5.41, 5.74) is 5.65. The van der Waals surface area contributed by atoms with E-state index in [0.29, 0.717) is 28.8 Å². The van der Waals surface area contributed by atoms with E-state index in [9.17, 15) is 4.79 Å².